The van der Waals surface area contributed by atoms with E-state index in [9.17, 15) is 4.79 Å². The minimum absolute atomic E-state index is 0.116. The van der Waals surface area contributed by atoms with Gasteiger partial charge in [0.2, 0.25) is 0 Å². The molecule has 0 unspecified atom stereocenters. The van der Waals surface area contributed by atoms with Gasteiger partial charge in [0, 0.05) is 11.1 Å². The van der Waals surface area contributed by atoms with Crippen molar-refractivity contribution in [1.29, 1.82) is 0 Å². The molecule has 140 valence electrons. The third-order valence-corrected chi connectivity index (χ3v) is 4.73. The molecular formula is C21H32N4O+2. The third kappa shape index (κ3) is 5.86. The first kappa shape index (κ1) is 19.9. The number of nitrogens with one attached hydrogen (secondary N) is 4. The average molecular weight is 357 g/mol. The van der Waals surface area contributed by atoms with E-state index in [1.807, 2.05) is 36.4 Å². The van der Waals surface area contributed by atoms with Gasteiger partial charge in [-0.25, -0.2) is 4.79 Å². The average Bonchev–Trinajstić information content (AvgIpc) is 2.63. The molecule has 0 spiro atoms. The van der Waals surface area contributed by atoms with E-state index in [0.717, 1.165) is 0 Å². The summed E-state index contributed by atoms with van der Waals surface area (Å²) in [4.78, 5) is 14.9. The van der Waals surface area contributed by atoms with E-state index in [1.165, 1.54) is 20.9 Å². The summed E-state index contributed by atoms with van der Waals surface area (Å²) in [5.74, 6) is 0. The van der Waals surface area contributed by atoms with Crippen molar-refractivity contribution in [3.63, 3.8) is 0 Å². The quantitative estimate of drug-likeness (QED) is 0.531. The van der Waals surface area contributed by atoms with Gasteiger partial charge in [-0.15, -0.1) is 0 Å². The lowest BCUT2D eigenvalue weighted by Gasteiger charge is -2.24. The minimum Gasteiger partial charge on any atom is -0.332 e. The topological polar surface area (TPSA) is 50.0 Å². The second-order valence-corrected chi connectivity index (χ2v) is 7.17. The summed E-state index contributed by atoms with van der Waals surface area (Å²) in [5, 5.41) is 6.06. The molecule has 0 bridgehead atoms. The van der Waals surface area contributed by atoms with Gasteiger partial charge in [0.05, 0.1) is 41.3 Å². The summed E-state index contributed by atoms with van der Waals surface area (Å²) >= 11 is 0. The Kier molecular flexibility index (Phi) is 7.63. The van der Waals surface area contributed by atoms with Gasteiger partial charge < -0.3 is 20.4 Å². The number of carbonyl (C=O) groups is 1. The fraction of sp³-hybridized carbons (Fsp3) is 0.381. The van der Waals surface area contributed by atoms with Crippen LogP contribution in [-0.4, -0.2) is 47.3 Å². The SMILES string of the molecule is C[NH+](C)[C@@H](CNC(=O)NC[C@@H](c1ccccc1)[NH+](C)C)c1ccccc1. The lowest BCUT2D eigenvalue weighted by atomic mass is 10.1. The van der Waals surface area contributed by atoms with Gasteiger partial charge in [-0.1, -0.05) is 60.7 Å². The van der Waals surface area contributed by atoms with Crippen LogP contribution in [0.2, 0.25) is 0 Å². The van der Waals surface area contributed by atoms with E-state index >= 15 is 0 Å². The number of hydrogen-bond acceptors (Lipinski definition) is 1. The third-order valence-electron chi connectivity index (χ3n) is 4.73. The molecule has 26 heavy (non-hydrogen) atoms. The Morgan fingerprint density at radius 1 is 0.731 bits per heavy atom. The fourth-order valence-corrected chi connectivity index (χ4v) is 3.13. The smallest absolute Gasteiger partial charge is 0.315 e. The molecule has 2 aromatic rings. The van der Waals surface area contributed by atoms with Crippen molar-refractivity contribution in [2.75, 3.05) is 41.3 Å². The molecule has 0 aliphatic heterocycles. The summed E-state index contributed by atoms with van der Waals surface area (Å²) in [6, 6.07) is 21.0. The molecule has 0 heterocycles. The molecule has 2 rings (SSSR count). The van der Waals surface area contributed by atoms with Crippen molar-refractivity contribution in [2.45, 2.75) is 12.1 Å². The molecule has 0 aromatic heterocycles. The Hall–Kier alpha value is -2.37. The van der Waals surface area contributed by atoms with Crippen molar-refractivity contribution in [1.82, 2.24) is 10.6 Å². The van der Waals surface area contributed by atoms with E-state index in [4.69, 9.17) is 0 Å². The molecule has 0 saturated carbocycles. The zero-order valence-electron chi connectivity index (χ0n) is 16.3. The van der Waals surface area contributed by atoms with Crippen LogP contribution >= 0.6 is 0 Å². The van der Waals surface area contributed by atoms with Gasteiger partial charge in [0.25, 0.3) is 0 Å². The molecule has 0 aliphatic carbocycles. The van der Waals surface area contributed by atoms with Gasteiger partial charge in [-0.2, -0.15) is 0 Å². The lowest BCUT2D eigenvalue weighted by Crippen LogP contribution is -3.07. The molecule has 0 fully saturated rings. The summed E-state index contributed by atoms with van der Waals surface area (Å²) in [6.45, 7) is 1.20. The van der Waals surface area contributed by atoms with Crippen LogP contribution < -0.4 is 20.4 Å². The normalized spacial score (nSPS) is 13.5. The maximum Gasteiger partial charge on any atom is 0.315 e. The van der Waals surface area contributed by atoms with Crippen LogP contribution in [0, 0.1) is 0 Å². The molecule has 0 saturated heterocycles. The fourth-order valence-electron chi connectivity index (χ4n) is 3.13. The highest BCUT2D eigenvalue weighted by atomic mass is 16.2. The molecule has 5 nitrogen and oxygen atoms in total. The first-order chi connectivity index (χ1) is 12.5. The van der Waals surface area contributed by atoms with Gasteiger partial charge >= 0.3 is 6.03 Å². The number of likely N-dealkylation sites (N-methyl/N-ethyl adjacent to an activating group) is 2. The number of quaternary nitrogens is 2. The van der Waals surface area contributed by atoms with Gasteiger partial charge in [-0.3, -0.25) is 0 Å². The summed E-state index contributed by atoms with van der Waals surface area (Å²) in [5.41, 5.74) is 2.46. The molecule has 4 N–H and O–H groups in total. The molecular weight excluding hydrogens is 324 g/mol. The highest BCUT2D eigenvalue weighted by Gasteiger charge is 2.20. The van der Waals surface area contributed by atoms with Crippen LogP contribution in [0.4, 0.5) is 4.79 Å². The van der Waals surface area contributed by atoms with Crippen LogP contribution in [0.1, 0.15) is 23.2 Å². The maximum absolute atomic E-state index is 12.3. The van der Waals surface area contributed by atoms with Crippen molar-refractivity contribution >= 4 is 6.03 Å². The summed E-state index contributed by atoms with van der Waals surface area (Å²) in [6.07, 6.45) is 0. The van der Waals surface area contributed by atoms with Crippen molar-refractivity contribution in [3.05, 3.63) is 71.8 Å². The van der Waals surface area contributed by atoms with Crippen molar-refractivity contribution < 1.29 is 14.6 Å². The Bertz CT molecular complexity index is 601. The number of amides is 2. The molecule has 0 aliphatic rings. The Labute approximate surface area is 157 Å². The van der Waals surface area contributed by atoms with Crippen LogP contribution in [0.25, 0.3) is 0 Å². The number of benzene rings is 2. The molecule has 2 atom stereocenters. The molecule has 2 aromatic carbocycles. The lowest BCUT2D eigenvalue weighted by molar-refractivity contribution is -0.890. The van der Waals surface area contributed by atoms with Gasteiger partial charge in [0.1, 0.15) is 12.1 Å². The highest BCUT2D eigenvalue weighted by molar-refractivity contribution is 5.73. The molecule has 2 amide bonds. The van der Waals surface area contributed by atoms with Crippen molar-refractivity contribution in [2.24, 2.45) is 0 Å². The predicted octanol–water partition coefficient (Wildman–Crippen LogP) is 0.0572. The van der Waals surface area contributed by atoms with Crippen LogP contribution in [0.15, 0.2) is 60.7 Å². The summed E-state index contributed by atoms with van der Waals surface area (Å²) < 4.78 is 0. The first-order valence-electron chi connectivity index (χ1n) is 9.20. The standard InChI is InChI=1S/C21H30N4O/c1-24(2)19(17-11-7-5-8-12-17)15-22-21(26)23-16-20(25(3)4)18-13-9-6-10-14-18/h5-14,19-20H,15-16H2,1-4H3,(H2,22,23,26)/p+2/t19-,20-/m0/s1. The zero-order chi connectivity index (χ0) is 18.9. The van der Waals surface area contributed by atoms with Gasteiger partial charge in [0.15, 0.2) is 0 Å². The Morgan fingerprint density at radius 3 is 1.38 bits per heavy atom. The van der Waals surface area contributed by atoms with E-state index in [0.29, 0.717) is 13.1 Å². The molecule has 5 heteroatoms. The predicted molar refractivity (Wildman–Crippen MR) is 105 cm³/mol. The largest absolute Gasteiger partial charge is 0.332 e. The Balaban J connectivity index is 1.89. The van der Waals surface area contributed by atoms with E-state index < -0.39 is 0 Å². The van der Waals surface area contributed by atoms with Crippen LogP contribution in [0.3, 0.4) is 0 Å². The zero-order valence-corrected chi connectivity index (χ0v) is 16.3. The number of hydrogen-bond donors (Lipinski definition) is 4. The minimum atomic E-state index is -0.116. The number of urea groups is 1. The summed E-state index contributed by atoms with van der Waals surface area (Å²) in [7, 11) is 8.44. The number of carbonyl (C=O) groups excluding carboxylic acids is 1. The second kappa shape index (κ2) is 9.94. The van der Waals surface area contributed by atoms with Crippen LogP contribution in [0.5, 0.6) is 0 Å². The van der Waals surface area contributed by atoms with E-state index in [-0.39, 0.29) is 18.1 Å². The van der Waals surface area contributed by atoms with E-state index in [1.54, 1.807) is 0 Å². The number of rotatable bonds is 8. The molecule has 0 radical (unpaired) electrons. The highest BCUT2D eigenvalue weighted by Crippen LogP contribution is 2.09. The van der Waals surface area contributed by atoms with Gasteiger partial charge in [-0.05, 0) is 0 Å². The second-order valence-electron chi connectivity index (χ2n) is 7.17. The monoisotopic (exact) mass is 356 g/mol. The Morgan fingerprint density at radius 2 is 1.08 bits per heavy atom. The van der Waals surface area contributed by atoms with Crippen molar-refractivity contribution in [3.8, 4) is 0 Å². The van der Waals surface area contributed by atoms with E-state index in [2.05, 4.69) is 63.1 Å². The maximum atomic E-state index is 12.3. The van der Waals surface area contributed by atoms with Crippen LogP contribution in [-0.2, 0) is 0 Å². The first-order valence-corrected chi connectivity index (χ1v) is 9.20.